The first-order chi connectivity index (χ1) is 15.6. The van der Waals surface area contributed by atoms with Crippen LogP contribution in [0.15, 0.2) is 72.8 Å². The number of rotatable bonds is 7. The highest BCUT2D eigenvalue weighted by molar-refractivity contribution is 5.92. The van der Waals surface area contributed by atoms with Crippen molar-refractivity contribution in [2.75, 3.05) is 19.5 Å². The van der Waals surface area contributed by atoms with Gasteiger partial charge in [0.25, 0.3) is 0 Å². The molecule has 1 N–H and O–H groups in total. The van der Waals surface area contributed by atoms with Crippen molar-refractivity contribution in [3.05, 3.63) is 83.9 Å². The van der Waals surface area contributed by atoms with Crippen molar-refractivity contribution in [3.63, 3.8) is 0 Å². The average molecular weight is 428 g/mol. The number of aryl methyl sites for hydroxylation is 1. The van der Waals surface area contributed by atoms with Gasteiger partial charge in [-0.15, -0.1) is 5.10 Å². The van der Waals surface area contributed by atoms with E-state index in [1.807, 2.05) is 79.7 Å². The average Bonchev–Trinajstić information content (AvgIpc) is 3.24. The second-order valence-electron chi connectivity index (χ2n) is 7.27. The third-order valence-corrected chi connectivity index (χ3v) is 5.08. The molecule has 0 unspecified atom stereocenters. The molecule has 0 saturated carbocycles. The molecule has 0 spiro atoms. The second-order valence-corrected chi connectivity index (χ2v) is 7.27. The third-order valence-electron chi connectivity index (χ3n) is 5.08. The van der Waals surface area contributed by atoms with Crippen LogP contribution in [0.2, 0.25) is 0 Å². The number of nitrogens with one attached hydrogen (secondary N) is 1. The highest BCUT2D eigenvalue weighted by Gasteiger charge is 2.16. The van der Waals surface area contributed by atoms with Gasteiger partial charge in [0.05, 0.1) is 26.3 Å². The Balaban J connectivity index is 1.52. The normalized spacial score (nSPS) is 10.6. The van der Waals surface area contributed by atoms with Crippen molar-refractivity contribution < 1.29 is 14.3 Å². The Morgan fingerprint density at radius 3 is 2.31 bits per heavy atom. The fraction of sp³-hybridized carbons (Fsp3) is 0.160. The lowest BCUT2D eigenvalue weighted by Gasteiger charge is -2.10. The van der Waals surface area contributed by atoms with E-state index in [9.17, 15) is 4.79 Å². The van der Waals surface area contributed by atoms with Crippen molar-refractivity contribution in [1.82, 2.24) is 14.8 Å². The zero-order valence-electron chi connectivity index (χ0n) is 18.2. The Morgan fingerprint density at radius 1 is 0.938 bits per heavy atom. The van der Waals surface area contributed by atoms with Crippen molar-refractivity contribution in [1.29, 1.82) is 0 Å². The van der Waals surface area contributed by atoms with Crippen LogP contribution in [0.3, 0.4) is 0 Å². The number of amides is 1. The molecule has 0 aliphatic rings. The Hall–Kier alpha value is -4.13. The lowest BCUT2D eigenvalue weighted by molar-refractivity contribution is -0.115. The third kappa shape index (κ3) is 4.62. The summed E-state index contributed by atoms with van der Waals surface area (Å²) in [6.07, 6.45) is 0.281. The van der Waals surface area contributed by atoms with Crippen molar-refractivity contribution in [3.8, 4) is 28.8 Å². The summed E-state index contributed by atoms with van der Waals surface area (Å²) in [4.78, 5) is 16.9. The number of carbonyl (C=O) groups excluding carboxylic acids is 1. The summed E-state index contributed by atoms with van der Waals surface area (Å²) in [5.41, 5.74) is 4.49. The van der Waals surface area contributed by atoms with Gasteiger partial charge in [-0.05, 0) is 54.4 Å². The summed E-state index contributed by atoms with van der Waals surface area (Å²) in [5.74, 6) is 1.36. The van der Waals surface area contributed by atoms with Crippen LogP contribution in [0.4, 0.5) is 5.69 Å². The van der Waals surface area contributed by atoms with Gasteiger partial charge in [-0.1, -0.05) is 36.4 Å². The van der Waals surface area contributed by atoms with Gasteiger partial charge in [0, 0.05) is 11.3 Å². The van der Waals surface area contributed by atoms with Gasteiger partial charge in [0.15, 0.2) is 5.82 Å². The predicted molar refractivity (Wildman–Crippen MR) is 123 cm³/mol. The largest absolute Gasteiger partial charge is 0.497 e. The number of aromatic nitrogens is 3. The van der Waals surface area contributed by atoms with Gasteiger partial charge in [0.2, 0.25) is 5.91 Å². The van der Waals surface area contributed by atoms with Crippen LogP contribution in [-0.2, 0) is 11.2 Å². The number of benzene rings is 3. The summed E-state index contributed by atoms with van der Waals surface area (Å²) in [6, 6.07) is 23.2. The quantitative estimate of drug-likeness (QED) is 0.471. The fourth-order valence-electron chi connectivity index (χ4n) is 3.38. The minimum atomic E-state index is -0.0917. The molecule has 1 amide bonds. The molecule has 3 aromatic carbocycles. The molecule has 1 heterocycles. The summed E-state index contributed by atoms with van der Waals surface area (Å²) in [7, 11) is 3.16. The first-order valence-electron chi connectivity index (χ1n) is 10.2. The van der Waals surface area contributed by atoms with Crippen molar-refractivity contribution in [2.24, 2.45) is 0 Å². The highest BCUT2D eigenvalue weighted by Crippen LogP contribution is 2.26. The van der Waals surface area contributed by atoms with Gasteiger partial charge in [-0.2, -0.15) is 4.98 Å². The standard InChI is InChI=1S/C25H24N4O3/c1-17-6-4-5-7-22(17)24-27-25(32-3)28-29(24)20-12-10-19(11-13-20)26-23(30)16-18-8-14-21(31-2)15-9-18/h4-15H,16H2,1-3H3,(H,26,30). The van der Waals surface area contributed by atoms with E-state index in [1.165, 1.54) is 0 Å². The number of hydrogen-bond donors (Lipinski definition) is 1. The van der Waals surface area contributed by atoms with Crippen LogP contribution < -0.4 is 14.8 Å². The maximum atomic E-state index is 12.4. The zero-order chi connectivity index (χ0) is 22.5. The van der Waals surface area contributed by atoms with E-state index >= 15 is 0 Å². The molecule has 162 valence electrons. The fourth-order valence-corrected chi connectivity index (χ4v) is 3.38. The van der Waals surface area contributed by atoms with Crippen LogP contribution >= 0.6 is 0 Å². The molecule has 7 nitrogen and oxygen atoms in total. The molecule has 0 bridgehead atoms. The first-order valence-corrected chi connectivity index (χ1v) is 10.2. The van der Waals surface area contributed by atoms with Crippen LogP contribution in [0.25, 0.3) is 17.1 Å². The number of methoxy groups -OCH3 is 2. The van der Waals surface area contributed by atoms with E-state index < -0.39 is 0 Å². The minimum Gasteiger partial charge on any atom is -0.497 e. The van der Waals surface area contributed by atoms with Crippen molar-refractivity contribution in [2.45, 2.75) is 13.3 Å². The highest BCUT2D eigenvalue weighted by atomic mass is 16.5. The lowest BCUT2D eigenvalue weighted by atomic mass is 10.1. The van der Waals surface area contributed by atoms with Gasteiger partial charge in [-0.3, -0.25) is 4.79 Å². The molecule has 4 aromatic rings. The van der Waals surface area contributed by atoms with Gasteiger partial charge >= 0.3 is 6.01 Å². The van der Waals surface area contributed by atoms with Crippen LogP contribution in [0.5, 0.6) is 11.8 Å². The number of carbonyl (C=O) groups is 1. The second kappa shape index (κ2) is 9.34. The maximum absolute atomic E-state index is 12.4. The molecule has 0 saturated heterocycles. The molecule has 0 aliphatic heterocycles. The molecular formula is C25H24N4O3. The SMILES string of the molecule is COc1ccc(CC(=O)Nc2ccc(-n3nc(OC)nc3-c3ccccc3C)cc2)cc1. The molecule has 0 radical (unpaired) electrons. The monoisotopic (exact) mass is 428 g/mol. The van der Waals surface area contributed by atoms with Crippen LogP contribution in [0.1, 0.15) is 11.1 Å². The molecule has 0 fully saturated rings. The summed E-state index contributed by atoms with van der Waals surface area (Å²) in [6.45, 7) is 2.03. The maximum Gasteiger partial charge on any atom is 0.336 e. The van der Waals surface area contributed by atoms with E-state index in [2.05, 4.69) is 15.4 Å². The smallest absolute Gasteiger partial charge is 0.336 e. The van der Waals surface area contributed by atoms with Gasteiger partial charge in [0.1, 0.15) is 5.75 Å². The molecule has 32 heavy (non-hydrogen) atoms. The van der Waals surface area contributed by atoms with Gasteiger partial charge in [-0.25, -0.2) is 4.68 Å². The number of hydrogen-bond acceptors (Lipinski definition) is 5. The van der Waals surface area contributed by atoms with Crippen LogP contribution in [0, 0.1) is 6.92 Å². The Labute approximate surface area is 186 Å². The number of ether oxygens (including phenoxy) is 2. The molecular weight excluding hydrogens is 404 g/mol. The molecule has 4 rings (SSSR count). The summed E-state index contributed by atoms with van der Waals surface area (Å²) in [5, 5.41) is 7.39. The molecule has 0 atom stereocenters. The van der Waals surface area contributed by atoms with E-state index in [4.69, 9.17) is 9.47 Å². The Morgan fingerprint density at radius 2 is 1.66 bits per heavy atom. The van der Waals surface area contributed by atoms with Crippen molar-refractivity contribution >= 4 is 11.6 Å². The summed E-state index contributed by atoms with van der Waals surface area (Å²) >= 11 is 0. The molecule has 1 aromatic heterocycles. The van der Waals surface area contributed by atoms with E-state index in [-0.39, 0.29) is 12.3 Å². The number of nitrogens with zero attached hydrogens (tertiary/aromatic N) is 3. The minimum absolute atomic E-state index is 0.0917. The summed E-state index contributed by atoms with van der Waals surface area (Å²) < 4.78 is 12.1. The van der Waals surface area contributed by atoms with E-state index in [0.29, 0.717) is 17.5 Å². The first kappa shape index (κ1) is 21.1. The lowest BCUT2D eigenvalue weighted by Crippen LogP contribution is -2.14. The molecule has 0 aliphatic carbocycles. The van der Waals surface area contributed by atoms with Crippen LogP contribution in [-0.4, -0.2) is 34.9 Å². The number of anilines is 1. The predicted octanol–water partition coefficient (Wildman–Crippen LogP) is 4.44. The Bertz CT molecular complexity index is 1210. The van der Waals surface area contributed by atoms with Gasteiger partial charge < -0.3 is 14.8 Å². The van der Waals surface area contributed by atoms with E-state index in [0.717, 1.165) is 28.1 Å². The Kier molecular flexibility index (Phi) is 6.17. The van der Waals surface area contributed by atoms with E-state index in [1.54, 1.807) is 18.9 Å². The molecule has 7 heteroatoms. The zero-order valence-corrected chi connectivity index (χ0v) is 18.2. The topological polar surface area (TPSA) is 78.3 Å².